The summed E-state index contributed by atoms with van der Waals surface area (Å²) in [6, 6.07) is 6.32. The summed E-state index contributed by atoms with van der Waals surface area (Å²) in [5, 5.41) is 24.8. The van der Waals surface area contributed by atoms with Crippen LogP contribution in [0.1, 0.15) is 36.3 Å². The van der Waals surface area contributed by atoms with Gasteiger partial charge < -0.3 is 15.3 Å². The van der Waals surface area contributed by atoms with Gasteiger partial charge in [-0.1, -0.05) is 0 Å². The van der Waals surface area contributed by atoms with Crippen molar-refractivity contribution in [3.05, 3.63) is 30.1 Å². The maximum Gasteiger partial charge on any atom is 0.354 e. The molecule has 4 rings (SSSR count). The van der Waals surface area contributed by atoms with E-state index in [1.165, 1.54) is 17.2 Å². The van der Waals surface area contributed by atoms with E-state index in [0.29, 0.717) is 18.7 Å². The largest absolute Gasteiger partial charge is 0.477 e. The van der Waals surface area contributed by atoms with E-state index in [2.05, 4.69) is 21.5 Å². The monoisotopic (exact) mass is 438 g/mol. The fourth-order valence-electron chi connectivity index (χ4n) is 3.68. The van der Waals surface area contributed by atoms with Crippen LogP contribution >= 0.6 is 12.4 Å². The zero-order chi connectivity index (χ0) is 20.8. The van der Waals surface area contributed by atoms with E-state index in [-0.39, 0.29) is 40.5 Å². The van der Waals surface area contributed by atoms with Gasteiger partial charge in [0, 0.05) is 30.6 Å². The van der Waals surface area contributed by atoms with Crippen LogP contribution in [0.25, 0.3) is 0 Å². The van der Waals surface area contributed by atoms with Gasteiger partial charge in [-0.05, 0) is 31.2 Å². The van der Waals surface area contributed by atoms with Crippen molar-refractivity contribution < 1.29 is 23.5 Å². The van der Waals surface area contributed by atoms with Crippen LogP contribution < -0.4 is 10.2 Å². The predicted molar refractivity (Wildman–Crippen MR) is 103 cm³/mol. The van der Waals surface area contributed by atoms with Gasteiger partial charge in [0.1, 0.15) is 11.2 Å². The highest BCUT2D eigenvalue weighted by Gasteiger charge is 2.56. The van der Waals surface area contributed by atoms with Crippen LogP contribution in [-0.4, -0.2) is 38.3 Å². The standard InChI is InChI=1S/C18H16F2N6O3.ClH/c19-17(20)26-12(15(27)28)8-14(24-26)23-13-7-11(3-5-22-13)25-6-4-18(9-21,16(25)29)10-1-2-10;/h3,5,7-8,10,17H,1-2,4,6H2,(H,27,28)(H,22,23,24);1H/t18-;/m1./s1. The Morgan fingerprint density at radius 1 is 1.37 bits per heavy atom. The number of nitrogens with zero attached hydrogens (tertiary/aromatic N) is 5. The average molecular weight is 439 g/mol. The highest BCUT2D eigenvalue weighted by Crippen LogP contribution is 2.51. The number of nitrogens with one attached hydrogen (secondary N) is 1. The number of amides is 1. The minimum Gasteiger partial charge on any atom is -0.477 e. The molecule has 0 aromatic carbocycles. The first-order valence-electron chi connectivity index (χ1n) is 8.93. The molecule has 1 atom stereocenters. The summed E-state index contributed by atoms with van der Waals surface area (Å²) in [5.74, 6) is -1.60. The van der Waals surface area contributed by atoms with Crippen LogP contribution in [0.3, 0.4) is 0 Å². The lowest BCUT2D eigenvalue weighted by molar-refractivity contribution is -0.123. The van der Waals surface area contributed by atoms with Crippen molar-refractivity contribution in [3.63, 3.8) is 0 Å². The zero-order valence-corrected chi connectivity index (χ0v) is 16.3. The third-order valence-corrected chi connectivity index (χ3v) is 5.28. The fraction of sp³-hybridized carbons (Fsp3) is 0.389. The van der Waals surface area contributed by atoms with Gasteiger partial charge in [0.2, 0.25) is 5.91 Å². The van der Waals surface area contributed by atoms with Crippen LogP contribution in [0.5, 0.6) is 0 Å². The number of anilines is 3. The molecule has 1 aliphatic heterocycles. The lowest BCUT2D eigenvalue weighted by Gasteiger charge is -2.21. The Hall–Kier alpha value is -3.26. The van der Waals surface area contributed by atoms with Crippen LogP contribution in [0.4, 0.5) is 26.1 Å². The molecule has 0 bridgehead atoms. The smallest absolute Gasteiger partial charge is 0.354 e. The van der Waals surface area contributed by atoms with E-state index >= 15 is 0 Å². The second-order valence-corrected chi connectivity index (χ2v) is 7.03. The molecule has 9 nitrogen and oxygen atoms in total. The average Bonchev–Trinajstić information content (AvgIpc) is 3.36. The molecule has 2 aromatic rings. The van der Waals surface area contributed by atoms with E-state index in [4.69, 9.17) is 5.11 Å². The summed E-state index contributed by atoms with van der Waals surface area (Å²) in [6.45, 7) is -2.71. The third-order valence-electron chi connectivity index (χ3n) is 5.28. The number of pyridine rings is 1. The predicted octanol–water partition coefficient (Wildman–Crippen LogP) is 3.19. The van der Waals surface area contributed by atoms with Crippen molar-refractivity contribution in [1.29, 1.82) is 5.26 Å². The van der Waals surface area contributed by atoms with E-state index in [0.717, 1.165) is 18.9 Å². The molecular formula is C18H17ClF2N6O3. The lowest BCUT2D eigenvalue weighted by atomic mass is 9.83. The van der Waals surface area contributed by atoms with E-state index in [1.54, 1.807) is 6.07 Å². The molecule has 158 valence electrons. The number of hydrogen-bond donors (Lipinski definition) is 2. The minimum atomic E-state index is -3.11. The van der Waals surface area contributed by atoms with Gasteiger partial charge in [-0.25, -0.2) is 9.78 Å². The van der Waals surface area contributed by atoms with Crippen molar-refractivity contribution in [3.8, 4) is 6.07 Å². The van der Waals surface area contributed by atoms with Crippen LogP contribution in [-0.2, 0) is 4.79 Å². The maximum atomic E-state index is 13.0. The first-order chi connectivity index (χ1) is 13.9. The minimum absolute atomic E-state index is 0. The molecular weight excluding hydrogens is 422 g/mol. The summed E-state index contributed by atoms with van der Waals surface area (Å²) in [7, 11) is 0. The molecule has 1 saturated carbocycles. The number of hydrogen-bond acceptors (Lipinski definition) is 6. The summed E-state index contributed by atoms with van der Waals surface area (Å²) in [6.07, 6.45) is 3.62. The Morgan fingerprint density at radius 3 is 2.67 bits per heavy atom. The van der Waals surface area contributed by atoms with Crippen molar-refractivity contribution in [1.82, 2.24) is 14.8 Å². The van der Waals surface area contributed by atoms with Crippen molar-refractivity contribution >= 4 is 41.6 Å². The third kappa shape index (κ3) is 3.54. The van der Waals surface area contributed by atoms with Crippen molar-refractivity contribution in [2.45, 2.75) is 25.8 Å². The normalized spacial score (nSPS) is 20.7. The number of halogens is 3. The molecule has 1 aliphatic carbocycles. The van der Waals surface area contributed by atoms with Crippen molar-refractivity contribution in [2.24, 2.45) is 11.3 Å². The number of aromatic nitrogens is 3. The Bertz CT molecular complexity index is 1040. The number of carbonyl (C=O) groups excluding carboxylic acids is 1. The summed E-state index contributed by atoms with van der Waals surface area (Å²) < 4.78 is 26.0. The number of carboxylic acids is 1. The number of rotatable bonds is 6. The van der Waals surface area contributed by atoms with E-state index < -0.39 is 23.6 Å². The van der Waals surface area contributed by atoms with Gasteiger partial charge in [-0.2, -0.15) is 18.7 Å². The number of alkyl halides is 2. The molecule has 0 unspecified atom stereocenters. The molecule has 2 N–H and O–H groups in total. The maximum absolute atomic E-state index is 13.0. The molecule has 2 fully saturated rings. The summed E-state index contributed by atoms with van der Waals surface area (Å²) in [5.41, 5.74) is -1.14. The molecule has 1 saturated heterocycles. The Morgan fingerprint density at radius 2 is 2.10 bits per heavy atom. The Balaban J connectivity index is 0.00000256. The van der Waals surface area contributed by atoms with Gasteiger partial charge in [0.05, 0.1) is 6.07 Å². The van der Waals surface area contributed by atoms with Crippen LogP contribution in [0.2, 0.25) is 0 Å². The molecule has 12 heteroatoms. The number of aromatic carboxylic acids is 1. The quantitative estimate of drug-likeness (QED) is 0.709. The SMILES string of the molecule is Cl.N#C[C@@]1(C2CC2)CCN(c2ccnc(Nc3cc(C(=O)O)n(C(F)F)n3)c2)C1=O. The second-order valence-electron chi connectivity index (χ2n) is 7.03. The molecule has 0 radical (unpaired) electrons. The molecule has 30 heavy (non-hydrogen) atoms. The van der Waals surface area contributed by atoms with E-state index in [9.17, 15) is 23.6 Å². The first-order valence-corrected chi connectivity index (χ1v) is 8.93. The molecule has 1 amide bonds. The number of carbonyl (C=O) groups is 2. The van der Waals surface area contributed by atoms with Crippen LogP contribution in [0.15, 0.2) is 24.4 Å². The van der Waals surface area contributed by atoms with Gasteiger partial charge in [0.25, 0.3) is 0 Å². The molecule has 3 heterocycles. The molecule has 0 spiro atoms. The van der Waals surface area contributed by atoms with Gasteiger partial charge >= 0.3 is 12.5 Å². The highest BCUT2D eigenvalue weighted by molar-refractivity contribution is 6.02. The van der Waals surface area contributed by atoms with Gasteiger partial charge in [0.15, 0.2) is 11.5 Å². The zero-order valence-electron chi connectivity index (χ0n) is 15.5. The Kier molecular flexibility index (Phi) is 5.63. The lowest BCUT2D eigenvalue weighted by Crippen LogP contribution is -2.35. The Labute approximate surface area is 175 Å². The second kappa shape index (κ2) is 7.87. The number of nitriles is 1. The fourth-order valence-corrected chi connectivity index (χ4v) is 3.68. The van der Waals surface area contributed by atoms with Crippen molar-refractivity contribution in [2.75, 3.05) is 16.8 Å². The topological polar surface area (TPSA) is 124 Å². The van der Waals surface area contributed by atoms with E-state index in [1.807, 2.05) is 0 Å². The van der Waals surface area contributed by atoms with Gasteiger partial charge in [-0.3, -0.25) is 4.79 Å². The summed E-state index contributed by atoms with van der Waals surface area (Å²) in [4.78, 5) is 29.6. The van der Waals surface area contributed by atoms with Crippen LogP contribution in [0, 0.1) is 22.7 Å². The first kappa shape index (κ1) is 21.4. The van der Waals surface area contributed by atoms with Gasteiger partial charge in [-0.15, -0.1) is 17.5 Å². The highest BCUT2D eigenvalue weighted by atomic mass is 35.5. The number of carboxylic acid groups (broad SMARTS) is 1. The molecule has 2 aromatic heterocycles. The molecule has 2 aliphatic rings. The summed E-state index contributed by atoms with van der Waals surface area (Å²) >= 11 is 0.